The fourth-order valence-corrected chi connectivity index (χ4v) is 1.90. The molecule has 1 amide bonds. The van der Waals surface area contributed by atoms with Crippen LogP contribution in [0.15, 0.2) is 24.3 Å². The number of aryl methyl sites for hydroxylation is 1. The van der Waals surface area contributed by atoms with E-state index < -0.39 is 6.10 Å². The van der Waals surface area contributed by atoms with E-state index >= 15 is 0 Å². The molecule has 0 radical (unpaired) electrons. The van der Waals surface area contributed by atoms with Gasteiger partial charge in [-0.3, -0.25) is 4.79 Å². The Labute approximate surface area is 119 Å². The first-order chi connectivity index (χ1) is 9.67. The van der Waals surface area contributed by atoms with E-state index in [1.54, 1.807) is 7.11 Å². The molecule has 1 rings (SSSR count). The van der Waals surface area contributed by atoms with Crippen LogP contribution in [0.1, 0.15) is 18.4 Å². The van der Waals surface area contributed by atoms with E-state index in [2.05, 4.69) is 5.32 Å². The summed E-state index contributed by atoms with van der Waals surface area (Å²) in [5.74, 6) is 0.774. The zero-order chi connectivity index (χ0) is 14.8. The van der Waals surface area contributed by atoms with Gasteiger partial charge in [-0.05, 0) is 24.5 Å². The second kappa shape index (κ2) is 9.34. The molecule has 1 unspecified atom stereocenters. The molecule has 1 aromatic rings. The molecule has 20 heavy (non-hydrogen) atoms. The molecule has 0 saturated carbocycles. The Hall–Kier alpha value is -1.59. The number of hydrogen-bond donors (Lipinski definition) is 2. The summed E-state index contributed by atoms with van der Waals surface area (Å²) < 4.78 is 10.1. The van der Waals surface area contributed by atoms with Crippen molar-refractivity contribution in [3.8, 4) is 5.75 Å². The molecule has 0 aliphatic heterocycles. The molecular weight excluding hydrogens is 258 g/mol. The summed E-state index contributed by atoms with van der Waals surface area (Å²) in [6, 6.07) is 7.67. The van der Waals surface area contributed by atoms with Gasteiger partial charge >= 0.3 is 0 Å². The average molecular weight is 281 g/mol. The normalized spacial score (nSPS) is 11.9. The van der Waals surface area contributed by atoms with Gasteiger partial charge in [-0.2, -0.15) is 0 Å². The molecule has 0 aromatic heterocycles. The topological polar surface area (TPSA) is 67.8 Å². The Balaban J connectivity index is 2.26. The summed E-state index contributed by atoms with van der Waals surface area (Å²) in [5, 5.41) is 12.2. The summed E-state index contributed by atoms with van der Waals surface area (Å²) in [4.78, 5) is 11.7. The van der Waals surface area contributed by atoms with Crippen LogP contribution in [0.2, 0.25) is 0 Å². The Morgan fingerprint density at radius 3 is 2.80 bits per heavy atom. The van der Waals surface area contributed by atoms with Gasteiger partial charge in [0.1, 0.15) is 5.75 Å². The molecule has 5 heteroatoms. The van der Waals surface area contributed by atoms with Crippen LogP contribution in [0, 0.1) is 0 Å². The maximum atomic E-state index is 11.7. The Kier molecular flexibility index (Phi) is 7.69. The van der Waals surface area contributed by atoms with Gasteiger partial charge in [0.05, 0.1) is 19.8 Å². The van der Waals surface area contributed by atoms with E-state index in [9.17, 15) is 9.90 Å². The molecule has 0 aliphatic rings. The molecule has 0 heterocycles. The first-order valence-electron chi connectivity index (χ1n) is 6.73. The molecule has 0 aliphatic carbocycles. The van der Waals surface area contributed by atoms with Crippen LogP contribution in [0.4, 0.5) is 0 Å². The number of carbonyl (C=O) groups excluding carboxylic acids is 1. The quantitative estimate of drug-likeness (QED) is 0.712. The highest BCUT2D eigenvalue weighted by molar-refractivity contribution is 5.76. The van der Waals surface area contributed by atoms with Crippen molar-refractivity contribution in [3.05, 3.63) is 29.8 Å². The van der Waals surface area contributed by atoms with Crippen LogP contribution in [0.3, 0.4) is 0 Å². The van der Waals surface area contributed by atoms with Crippen molar-refractivity contribution in [2.24, 2.45) is 0 Å². The van der Waals surface area contributed by atoms with Crippen molar-refractivity contribution in [1.29, 1.82) is 0 Å². The lowest BCUT2D eigenvalue weighted by molar-refractivity contribution is -0.121. The number of methoxy groups -OCH3 is 2. The van der Waals surface area contributed by atoms with E-state index in [1.807, 2.05) is 24.3 Å². The standard InChI is InChI=1S/C15H23NO4/c1-19-11-13(17)9-10-16-15(18)8-7-12-5-3-4-6-14(12)20-2/h3-6,13,17H,7-11H2,1-2H3,(H,16,18). The van der Waals surface area contributed by atoms with Crippen molar-refractivity contribution in [1.82, 2.24) is 5.32 Å². The minimum atomic E-state index is -0.533. The van der Waals surface area contributed by atoms with Gasteiger partial charge in [0, 0.05) is 20.1 Å². The lowest BCUT2D eigenvalue weighted by atomic mass is 10.1. The Bertz CT molecular complexity index is 409. The number of rotatable bonds is 9. The largest absolute Gasteiger partial charge is 0.496 e. The number of amides is 1. The number of hydrogen-bond acceptors (Lipinski definition) is 4. The van der Waals surface area contributed by atoms with Gasteiger partial charge in [0.15, 0.2) is 0 Å². The zero-order valence-electron chi connectivity index (χ0n) is 12.1. The number of benzene rings is 1. The van der Waals surface area contributed by atoms with E-state index in [-0.39, 0.29) is 12.5 Å². The Morgan fingerprint density at radius 1 is 1.35 bits per heavy atom. The summed E-state index contributed by atoms with van der Waals surface area (Å²) in [6.07, 6.45) is 1.00. The van der Waals surface area contributed by atoms with E-state index in [1.165, 1.54) is 7.11 Å². The Morgan fingerprint density at radius 2 is 2.10 bits per heavy atom. The molecule has 0 spiro atoms. The summed E-state index contributed by atoms with van der Waals surface area (Å²) in [7, 11) is 3.16. The van der Waals surface area contributed by atoms with Crippen LogP contribution in [-0.4, -0.2) is 44.5 Å². The van der Waals surface area contributed by atoms with Crippen LogP contribution in [-0.2, 0) is 16.0 Å². The second-order valence-corrected chi connectivity index (χ2v) is 4.56. The number of nitrogens with one attached hydrogen (secondary N) is 1. The van der Waals surface area contributed by atoms with Gasteiger partial charge in [-0.25, -0.2) is 0 Å². The predicted octanol–water partition coefficient (Wildman–Crippen LogP) is 1.14. The molecule has 0 saturated heterocycles. The van der Waals surface area contributed by atoms with Crippen molar-refractivity contribution >= 4 is 5.91 Å². The monoisotopic (exact) mass is 281 g/mol. The van der Waals surface area contributed by atoms with Crippen LogP contribution >= 0.6 is 0 Å². The molecule has 1 aromatic carbocycles. The fraction of sp³-hybridized carbons (Fsp3) is 0.533. The molecule has 112 valence electrons. The van der Waals surface area contributed by atoms with Gasteiger partial charge in [-0.1, -0.05) is 18.2 Å². The smallest absolute Gasteiger partial charge is 0.220 e. The third-order valence-electron chi connectivity index (χ3n) is 2.97. The van der Waals surface area contributed by atoms with Crippen LogP contribution < -0.4 is 10.1 Å². The minimum Gasteiger partial charge on any atom is -0.496 e. The highest BCUT2D eigenvalue weighted by atomic mass is 16.5. The van der Waals surface area contributed by atoms with Gasteiger partial charge in [-0.15, -0.1) is 0 Å². The van der Waals surface area contributed by atoms with Crippen molar-refractivity contribution in [2.45, 2.75) is 25.4 Å². The maximum Gasteiger partial charge on any atom is 0.220 e. The van der Waals surface area contributed by atoms with Gasteiger partial charge < -0.3 is 19.9 Å². The van der Waals surface area contributed by atoms with Gasteiger partial charge in [0.25, 0.3) is 0 Å². The van der Waals surface area contributed by atoms with Crippen molar-refractivity contribution in [3.63, 3.8) is 0 Å². The van der Waals surface area contributed by atoms with Crippen molar-refractivity contribution in [2.75, 3.05) is 27.4 Å². The molecule has 1 atom stereocenters. The van der Waals surface area contributed by atoms with Crippen LogP contribution in [0.5, 0.6) is 5.75 Å². The minimum absolute atomic E-state index is 0.0273. The first kappa shape index (κ1) is 16.5. The first-order valence-corrected chi connectivity index (χ1v) is 6.73. The van der Waals surface area contributed by atoms with E-state index in [0.717, 1.165) is 11.3 Å². The molecule has 0 bridgehead atoms. The summed E-state index contributed by atoms with van der Waals surface area (Å²) in [5.41, 5.74) is 1.02. The summed E-state index contributed by atoms with van der Waals surface area (Å²) >= 11 is 0. The predicted molar refractivity (Wildman–Crippen MR) is 76.8 cm³/mol. The molecule has 2 N–H and O–H groups in total. The fourth-order valence-electron chi connectivity index (χ4n) is 1.90. The molecule has 0 fully saturated rings. The number of carbonyl (C=O) groups is 1. The molecular formula is C15H23NO4. The highest BCUT2D eigenvalue weighted by Gasteiger charge is 2.07. The van der Waals surface area contributed by atoms with Crippen LogP contribution in [0.25, 0.3) is 0 Å². The van der Waals surface area contributed by atoms with Crippen molar-refractivity contribution < 1.29 is 19.4 Å². The number of aliphatic hydroxyl groups is 1. The third-order valence-corrected chi connectivity index (χ3v) is 2.97. The average Bonchev–Trinajstić information content (AvgIpc) is 2.45. The maximum absolute atomic E-state index is 11.7. The number of ether oxygens (including phenoxy) is 2. The lowest BCUT2D eigenvalue weighted by Crippen LogP contribution is -2.28. The SMILES string of the molecule is COCC(O)CCNC(=O)CCc1ccccc1OC. The third kappa shape index (κ3) is 6.04. The number of aliphatic hydroxyl groups excluding tert-OH is 1. The van der Waals surface area contributed by atoms with E-state index in [0.29, 0.717) is 25.8 Å². The molecule has 5 nitrogen and oxygen atoms in total. The second-order valence-electron chi connectivity index (χ2n) is 4.56. The highest BCUT2D eigenvalue weighted by Crippen LogP contribution is 2.18. The lowest BCUT2D eigenvalue weighted by Gasteiger charge is -2.11. The van der Waals surface area contributed by atoms with Gasteiger partial charge in [0.2, 0.25) is 5.91 Å². The zero-order valence-corrected chi connectivity index (χ0v) is 12.1. The summed E-state index contributed by atoms with van der Waals surface area (Å²) in [6.45, 7) is 0.742. The number of para-hydroxylation sites is 1. The van der Waals surface area contributed by atoms with E-state index in [4.69, 9.17) is 9.47 Å².